The van der Waals surface area contributed by atoms with Gasteiger partial charge >= 0.3 is 6.18 Å². The van der Waals surface area contributed by atoms with E-state index in [1.54, 1.807) is 11.9 Å². The summed E-state index contributed by atoms with van der Waals surface area (Å²) in [6.45, 7) is 4.49. The fraction of sp³-hybridized carbons (Fsp3) is 0.273. The summed E-state index contributed by atoms with van der Waals surface area (Å²) in [6.07, 6.45) is 0.338. The van der Waals surface area contributed by atoms with Crippen LogP contribution in [0.4, 0.5) is 19.0 Å². The zero-order valence-electron chi connectivity index (χ0n) is 17.2. The number of fused-ring (bicyclic) bond motifs is 1. The highest BCUT2D eigenvalue weighted by Crippen LogP contribution is 2.33. The Kier molecular flexibility index (Phi) is 5.45. The molecule has 4 rings (SSSR count). The highest BCUT2D eigenvalue weighted by atomic mass is 19.4. The van der Waals surface area contributed by atoms with E-state index in [1.807, 2.05) is 0 Å². The number of rotatable bonds is 4. The number of halogens is 3. The molecule has 1 fully saturated rings. The molecule has 7 nitrogen and oxygen atoms in total. The molecule has 1 atom stereocenters. The number of aryl methyl sites for hydroxylation is 1. The Balaban J connectivity index is 1.74. The molecule has 2 aromatic heterocycles. The average molecular weight is 443 g/mol. The van der Waals surface area contributed by atoms with Crippen molar-refractivity contribution in [3.05, 3.63) is 65.4 Å². The first-order valence-corrected chi connectivity index (χ1v) is 9.89. The topological polar surface area (TPSA) is 80.1 Å². The van der Waals surface area contributed by atoms with Crippen LogP contribution in [0, 0.1) is 0 Å². The van der Waals surface area contributed by atoms with Crippen molar-refractivity contribution in [3.8, 4) is 11.1 Å². The summed E-state index contributed by atoms with van der Waals surface area (Å²) < 4.78 is 40.0. The van der Waals surface area contributed by atoms with Gasteiger partial charge in [-0.2, -0.15) is 13.2 Å². The standard InChI is InChI=1S/C22H20F3N5O2/c1-3-17(31)30-9-8-15(11-30)28-20-18-19(27-12-29(2)21(18)32)16(10-26-20)13-4-6-14(7-5-13)22(23,24)25/h3-7,10,12,15H,1,8-9,11H2,2H3,(H,26,28)/t15-/m0/s1. The molecule has 1 N–H and O–H groups in total. The smallest absolute Gasteiger partial charge is 0.365 e. The Bertz CT molecular complexity index is 1250. The SMILES string of the molecule is C=CC(=O)N1CC[C@H](Nc2ncc(-c3ccc(C(F)(F)F)cc3)c3ncn(C)c(=O)c23)C1. The fourth-order valence-corrected chi connectivity index (χ4v) is 3.77. The van der Waals surface area contributed by atoms with Gasteiger partial charge < -0.3 is 14.8 Å². The van der Waals surface area contributed by atoms with Crippen molar-refractivity contribution < 1.29 is 18.0 Å². The lowest BCUT2D eigenvalue weighted by molar-refractivity contribution is -0.137. The molecule has 1 saturated heterocycles. The molecular weight excluding hydrogens is 423 g/mol. The molecule has 0 saturated carbocycles. The van der Waals surface area contributed by atoms with Crippen LogP contribution < -0.4 is 10.9 Å². The number of carbonyl (C=O) groups excluding carboxylic acids is 1. The van der Waals surface area contributed by atoms with E-state index in [0.29, 0.717) is 42.0 Å². The lowest BCUT2D eigenvalue weighted by Crippen LogP contribution is -2.30. The van der Waals surface area contributed by atoms with E-state index in [4.69, 9.17) is 0 Å². The molecular formula is C22H20F3N5O2. The highest BCUT2D eigenvalue weighted by Gasteiger charge is 2.30. The highest BCUT2D eigenvalue weighted by molar-refractivity contribution is 5.98. The van der Waals surface area contributed by atoms with Gasteiger partial charge in [0.15, 0.2) is 0 Å². The molecule has 1 aliphatic heterocycles. The van der Waals surface area contributed by atoms with E-state index in [2.05, 4.69) is 21.9 Å². The summed E-state index contributed by atoms with van der Waals surface area (Å²) in [6, 6.07) is 4.52. The molecule has 10 heteroatoms. The number of hydrogen-bond acceptors (Lipinski definition) is 5. The summed E-state index contributed by atoms with van der Waals surface area (Å²) in [5, 5.41) is 3.46. The molecule has 0 radical (unpaired) electrons. The molecule has 1 amide bonds. The number of amides is 1. The fourth-order valence-electron chi connectivity index (χ4n) is 3.77. The zero-order chi connectivity index (χ0) is 23.0. The van der Waals surface area contributed by atoms with Crippen molar-refractivity contribution >= 4 is 22.6 Å². The van der Waals surface area contributed by atoms with Crippen LogP contribution >= 0.6 is 0 Å². The number of alkyl halides is 3. The second-order valence-corrected chi connectivity index (χ2v) is 7.60. The molecule has 3 heterocycles. The monoisotopic (exact) mass is 443 g/mol. The minimum Gasteiger partial charge on any atom is -0.365 e. The van der Waals surface area contributed by atoms with Gasteiger partial charge in [0, 0.05) is 37.9 Å². The zero-order valence-corrected chi connectivity index (χ0v) is 17.2. The largest absolute Gasteiger partial charge is 0.416 e. The van der Waals surface area contributed by atoms with E-state index < -0.39 is 11.7 Å². The number of nitrogens with one attached hydrogen (secondary N) is 1. The molecule has 1 aromatic carbocycles. The number of hydrogen-bond donors (Lipinski definition) is 1. The van der Waals surface area contributed by atoms with Crippen LogP contribution in [0.15, 0.2) is 54.2 Å². The minimum atomic E-state index is -4.44. The summed E-state index contributed by atoms with van der Waals surface area (Å²) in [5.74, 6) is 0.157. The maximum absolute atomic E-state index is 12.9. The van der Waals surface area contributed by atoms with Gasteiger partial charge in [0.25, 0.3) is 5.56 Å². The quantitative estimate of drug-likeness (QED) is 0.627. The van der Waals surface area contributed by atoms with Gasteiger partial charge in [-0.05, 0) is 30.2 Å². The van der Waals surface area contributed by atoms with E-state index in [0.717, 1.165) is 12.1 Å². The summed E-state index contributed by atoms with van der Waals surface area (Å²) >= 11 is 0. The maximum Gasteiger partial charge on any atom is 0.416 e. The van der Waals surface area contributed by atoms with Crippen molar-refractivity contribution in [2.45, 2.75) is 18.6 Å². The molecule has 1 aliphatic rings. The van der Waals surface area contributed by atoms with Crippen LogP contribution in [0.3, 0.4) is 0 Å². The van der Waals surface area contributed by atoms with Crippen LogP contribution in [-0.2, 0) is 18.0 Å². The molecule has 0 spiro atoms. The van der Waals surface area contributed by atoms with Crippen molar-refractivity contribution in [3.63, 3.8) is 0 Å². The number of carbonyl (C=O) groups is 1. The number of anilines is 1. The average Bonchev–Trinajstić information content (AvgIpc) is 3.24. The number of aromatic nitrogens is 3. The normalized spacial score (nSPS) is 16.4. The lowest BCUT2D eigenvalue weighted by Gasteiger charge is -2.17. The van der Waals surface area contributed by atoms with Crippen LogP contribution in [0.2, 0.25) is 0 Å². The first-order chi connectivity index (χ1) is 15.2. The number of likely N-dealkylation sites (tertiary alicyclic amines) is 1. The molecule has 0 bridgehead atoms. The molecule has 32 heavy (non-hydrogen) atoms. The van der Waals surface area contributed by atoms with Crippen molar-refractivity contribution in [2.24, 2.45) is 7.05 Å². The number of nitrogens with zero attached hydrogens (tertiary/aromatic N) is 4. The maximum atomic E-state index is 12.9. The summed E-state index contributed by atoms with van der Waals surface area (Å²) in [4.78, 5) is 35.2. The second-order valence-electron chi connectivity index (χ2n) is 7.60. The Morgan fingerprint density at radius 3 is 2.62 bits per heavy atom. The van der Waals surface area contributed by atoms with Crippen molar-refractivity contribution in [2.75, 3.05) is 18.4 Å². The minimum absolute atomic E-state index is 0.114. The lowest BCUT2D eigenvalue weighted by atomic mass is 10.0. The van der Waals surface area contributed by atoms with Crippen LogP contribution in [0.5, 0.6) is 0 Å². The van der Waals surface area contributed by atoms with Crippen LogP contribution in [0.25, 0.3) is 22.0 Å². The van der Waals surface area contributed by atoms with Gasteiger partial charge in [0.2, 0.25) is 5.91 Å². The van der Waals surface area contributed by atoms with E-state index in [1.165, 1.54) is 35.3 Å². The third-order valence-electron chi connectivity index (χ3n) is 5.48. The number of pyridine rings is 1. The van der Waals surface area contributed by atoms with Gasteiger partial charge in [-0.3, -0.25) is 9.59 Å². The van der Waals surface area contributed by atoms with Gasteiger partial charge in [-0.1, -0.05) is 18.7 Å². The van der Waals surface area contributed by atoms with Gasteiger partial charge in [0.05, 0.1) is 17.4 Å². The molecule has 0 aliphatic carbocycles. The third kappa shape index (κ3) is 3.95. The predicted molar refractivity (Wildman–Crippen MR) is 114 cm³/mol. The Morgan fingerprint density at radius 1 is 1.25 bits per heavy atom. The first kappa shape index (κ1) is 21.5. The molecule has 0 unspecified atom stereocenters. The third-order valence-corrected chi connectivity index (χ3v) is 5.48. The molecule has 3 aromatic rings. The Hall–Kier alpha value is -3.69. The van der Waals surface area contributed by atoms with E-state index >= 15 is 0 Å². The summed E-state index contributed by atoms with van der Waals surface area (Å²) in [5.41, 5.74) is 0.150. The van der Waals surface area contributed by atoms with Crippen LogP contribution in [0.1, 0.15) is 12.0 Å². The second kappa shape index (κ2) is 8.10. The van der Waals surface area contributed by atoms with Crippen molar-refractivity contribution in [1.82, 2.24) is 19.4 Å². The Morgan fingerprint density at radius 2 is 1.97 bits per heavy atom. The van der Waals surface area contributed by atoms with Crippen LogP contribution in [-0.4, -0.2) is 44.5 Å². The predicted octanol–water partition coefficient (Wildman–Crippen LogP) is 3.21. The van der Waals surface area contributed by atoms with E-state index in [9.17, 15) is 22.8 Å². The van der Waals surface area contributed by atoms with Gasteiger partial charge in [0.1, 0.15) is 11.2 Å². The Labute approximate surface area is 181 Å². The van der Waals surface area contributed by atoms with E-state index in [-0.39, 0.29) is 22.9 Å². The van der Waals surface area contributed by atoms with Crippen molar-refractivity contribution in [1.29, 1.82) is 0 Å². The number of benzene rings is 1. The molecule has 166 valence electrons. The van der Waals surface area contributed by atoms with Gasteiger partial charge in [-0.25, -0.2) is 9.97 Å². The summed E-state index contributed by atoms with van der Waals surface area (Å²) in [7, 11) is 1.56. The van der Waals surface area contributed by atoms with Gasteiger partial charge in [-0.15, -0.1) is 0 Å². The first-order valence-electron chi connectivity index (χ1n) is 9.89.